The number of halogens is 1. The van der Waals surface area contributed by atoms with E-state index in [-0.39, 0.29) is 11.3 Å². The first-order chi connectivity index (χ1) is 17.9. The first-order valence-electron chi connectivity index (χ1n) is 11.8. The molecule has 1 saturated heterocycles. The van der Waals surface area contributed by atoms with E-state index in [1.165, 1.54) is 18.2 Å². The maximum absolute atomic E-state index is 13.4. The highest BCUT2D eigenvalue weighted by atomic mass is 19.1. The number of hydrogen-bond acceptors (Lipinski definition) is 4. The van der Waals surface area contributed by atoms with Gasteiger partial charge in [-0.05, 0) is 67.4 Å². The van der Waals surface area contributed by atoms with Crippen molar-refractivity contribution in [3.05, 3.63) is 102 Å². The Balaban J connectivity index is 1.40. The molecule has 0 unspecified atom stereocenters. The number of barbiturate groups is 1. The molecule has 186 valence electrons. The minimum atomic E-state index is -0.880. The number of amides is 4. The van der Waals surface area contributed by atoms with Crippen LogP contribution in [-0.2, 0) is 16.1 Å². The molecule has 1 aliphatic rings. The average molecular weight is 498 g/mol. The molecule has 1 N–H and O–H groups in total. The molecule has 1 aromatic heterocycles. The summed E-state index contributed by atoms with van der Waals surface area (Å²) in [6.07, 6.45) is 4.11. The van der Waals surface area contributed by atoms with Crippen molar-refractivity contribution in [1.82, 2.24) is 9.88 Å². The summed E-state index contributed by atoms with van der Waals surface area (Å²) in [4.78, 5) is 39.1. The number of imide groups is 2. The van der Waals surface area contributed by atoms with Crippen molar-refractivity contribution in [3.8, 4) is 5.75 Å². The number of fused-ring (bicyclic) bond motifs is 1. The van der Waals surface area contributed by atoms with E-state index < -0.39 is 23.7 Å². The minimum absolute atomic E-state index is 0.165. The number of carbonyl (C=O) groups excluding carboxylic acids is 3. The molecule has 0 saturated carbocycles. The predicted octanol–water partition coefficient (Wildman–Crippen LogP) is 5.22. The summed E-state index contributed by atoms with van der Waals surface area (Å²) < 4.78 is 21.3. The third kappa shape index (κ3) is 4.99. The van der Waals surface area contributed by atoms with Gasteiger partial charge in [0.1, 0.15) is 17.1 Å². The molecular formula is C29H24FN3O4. The molecule has 0 aliphatic carbocycles. The quantitative estimate of drug-likeness (QED) is 0.216. The van der Waals surface area contributed by atoms with Gasteiger partial charge in [0.25, 0.3) is 11.8 Å². The molecule has 3 aromatic carbocycles. The van der Waals surface area contributed by atoms with Gasteiger partial charge >= 0.3 is 6.03 Å². The van der Waals surface area contributed by atoms with Crippen LogP contribution in [-0.4, -0.2) is 29.0 Å². The van der Waals surface area contributed by atoms with E-state index in [2.05, 4.69) is 9.88 Å². The number of hydrogen-bond donors (Lipinski definition) is 1. The molecule has 1 fully saturated rings. The van der Waals surface area contributed by atoms with Crippen molar-refractivity contribution in [2.45, 2.75) is 19.9 Å². The monoisotopic (exact) mass is 497 g/mol. The van der Waals surface area contributed by atoms with Gasteiger partial charge in [0, 0.05) is 29.2 Å². The Bertz CT molecular complexity index is 1540. The predicted molar refractivity (Wildman–Crippen MR) is 139 cm³/mol. The Hall–Kier alpha value is -4.72. The van der Waals surface area contributed by atoms with Gasteiger partial charge in [-0.15, -0.1) is 0 Å². The van der Waals surface area contributed by atoms with Gasteiger partial charge in [-0.3, -0.25) is 14.9 Å². The van der Waals surface area contributed by atoms with Gasteiger partial charge in [0.05, 0.1) is 12.3 Å². The summed E-state index contributed by atoms with van der Waals surface area (Å²) in [6, 6.07) is 19.6. The Labute approximate surface area is 212 Å². The zero-order chi connectivity index (χ0) is 25.9. The van der Waals surface area contributed by atoms with Crippen LogP contribution in [0.1, 0.15) is 17.5 Å². The molecule has 4 aromatic rings. The van der Waals surface area contributed by atoms with E-state index in [9.17, 15) is 18.8 Å². The van der Waals surface area contributed by atoms with Crippen LogP contribution in [0.2, 0.25) is 0 Å². The number of ether oxygens (including phenoxy) is 1. The third-order valence-corrected chi connectivity index (χ3v) is 6.11. The molecule has 4 amide bonds. The Morgan fingerprint density at radius 3 is 2.54 bits per heavy atom. The smallest absolute Gasteiger partial charge is 0.335 e. The fourth-order valence-electron chi connectivity index (χ4n) is 4.34. The Morgan fingerprint density at radius 1 is 0.973 bits per heavy atom. The third-order valence-electron chi connectivity index (χ3n) is 6.11. The number of nitrogens with one attached hydrogen (secondary N) is 1. The van der Waals surface area contributed by atoms with Crippen LogP contribution in [0.5, 0.6) is 5.75 Å². The maximum Gasteiger partial charge on any atom is 0.335 e. The molecule has 8 heteroatoms. The lowest BCUT2D eigenvalue weighted by Crippen LogP contribution is -2.54. The van der Waals surface area contributed by atoms with Gasteiger partial charge < -0.3 is 9.30 Å². The van der Waals surface area contributed by atoms with E-state index in [0.717, 1.165) is 45.7 Å². The summed E-state index contributed by atoms with van der Waals surface area (Å²) in [5.74, 6) is -1.23. The lowest BCUT2D eigenvalue weighted by molar-refractivity contribution is -0.122. The maximum atomic E-state index is 13.4. The number of carbonyl (C=O) groups is 3. The normalized spacial score (nSPS) is 14.9. The zero-order valence-corrected chi connectivity index (χ0v) is 20.1. The van der Waals surface area contributed by atoms with Crippen molar-refractivity contribution in [3.63, 3.8) is 0 Å². The van der Waals surface area contributed by atoms with E-state index in [1.807, 2.05) is 61.7 Å². The zero-order valence-electron chi connectivity index (χ0n) is 20.1. The average Bonchev–Trinajstić information content (AvgIpc) is 3.23. The van der Waals surface area contributed by atoms with Crippen LogP contribution in [0.4, 0.5) is 14.9 Å². The molecule has 0 spiro atoms. The van der Waals surface area contributed by atoms with Crippen LogP contribution in [0.3, 0.4) is 0 Å². The van der Waals surface area contributed by atoms with Crippen LogP contribution in [0.25, 0.3) is 17.0 Å². The van der Waals surface area contributed by atoms with E-state index in [4.69, 9.17) is 4.74 Å². The minimum Gasteiger partial charge on any atom is -0.494 e. The van der Waals surface area contributed by atoms with Gasteiger partial charge in [-0.1, -0.05) is 30.3 Å². The van der Waals surface area contributed by atoms with Crippen LogP contribution >= 0.6 is 0 Å². The largest absolute Gasteiger partial charge is 0.494 e. The highest BCUT2D eigenvalue weighted by molar-refractivity contribution is 6.39. The SMILES string of the molecule is Cc1cccc(OCCCn2cc(C=C3C(=O)NC(=O)N(c4ccc(F)cc4)C3=O)c3ccccc32)c1. The molecule has 5 rings (SSSR count). The molecule has 2 heterocycles. The second-order valence-electron chi connectivity index (χ2n) is 8.75. The Morgan fingerprint density at radius 2 is 1.76 bits per heavy atom. The number of urea groups is 1. The van der Waals surface area contributed by atoms with Gasteiger partial charge in [-0.25, -0.2) is 14.1 Å². The number of para-hydroxylation sites is 1. The molecule has 37 heavy (non-hydrogen) atoms. The molecular weight excluding hydrogens is 473 g/mol. The second kappa shape index (κ2) is 10.1. The molecule has 0 bridgehead atoms. The number of rotatable bonds is 7. The van der Waals surface area contributed by atoms with Gasteiger partial charge in [0.2, 0.25) is 0 Å². The number of aryl methyl sites for hydroxylation is 2. The second-order valence-corrected chi connectivity index (χ2v) is 8.75. The first kappa shape index (κ1) is 24.0. The van der Waals surface area contributed by atoms with Crippen LogP contribution in [0.15, 0.2) is 84.6 Å². The fourth-order valence-corrected chi connectivity index (χ4v) is 4.34. The molecule has 7 nitrogen and oxygen atoms in total. The first-order valence-corrected chi connectivity index (χ1v) is 11.8. The number of benzene rings is 3. The van der Waals surface area contributed by atoms with E-state index in [0.29, 0.717) is 18.7 Å². The summed E-state index contributed by atoms with van der Waals surface area (Å²) in [5.41, 5.74) is 2.72. The lowest BCUT2D eigenvalue weighted by Gasteiger charge is -2.26. The molecule has 1 aliphatic heterocycles. The summed E-state index contributed by atoms with van der Waals surface area (Å²) in [7, 11) is 0. The number of nitrogens with zero attached hydrogens (tertiary/aromatic N) is 2. The Kier molecular flexibility index (Phi) is 6.55. The summed E-state index contributed by atoms with van der Waals surface area (Å²) >= 11 is 0. The number of anilines is 1. The van der Waals surface area contributed by atoms with Gasteiger partial charge in [-0.2, -0.15) is 0 Å². The van der Waals surface area contributed by atoms with Crippen molar-refractivity contribution in [2.24, 2.45) is 0 Å². The highest BCUT2D eigenvalue weighted by Crippen LogP contribution is 2.27. The van der Waals surface area contributed by atoms with Crippen LogP contribution < -0.4 is 15.0 Å². The van der Waals surface area contributed by atoms with Crippen molar-refractivity contribution in [2.75, 3.05) is 11.5 Å². The summed E-state index contributed by atoms with van der Waals surface area (Å²) in [6.45, 7) is 3.21. The lowest BCUT2D eigenvalue weighted by atomic mass is 10.1. The summed E-state index contributed by atoms with van der Waals surface area (Å²) in [5, 5.41) is 3.06. The van der Waals surface area contributed by atoms with E-state index >= 15 is 0 Å². The highest BCUT2D eigenvalue weighted by Gasteiger charge is 2.37. The molecule has 0 atom stereocenters. The number of aromatic nitrogens is 1. The standard InChI is InChI=1S/C29H24FN3O4/c1-19-6-4-7-23(16-19)37-15-5-14-32-18-20(24-8-2-3-9-26(24)32)17-25-27(34)31-29(36)33(28(25)35)22-12-10-21(30)11-13-22/h2-4,6-13,16-18H,5,14-15H2,1H3,(H,31,34,36). The van der Waals surface area contributed by atoms with Gasteiger partial charge in [0.15, 0.2) is 0 Å². The fraction of sp³-hybridized carbons (Fsp3) is 0.138. The van der Waals surface area contributed by atoms with Crippen molar-refractivity contribution < 1.29 is 23.5 Å². The van der Waals surface area contributed by atoms with Crippen molar-refractivity contribution in [1.29, 1.82) is 0 Å². The van der Waals surface area contributed by atoms with E-state index in [1.54, 1.807) is 0 Å². The van der Waals surface area contributed by atoms with Crippen molar-refractivity contribution >= 4 is 40.5 Å². The molecule has 0 radical (unpaired) electrons. The van der Waals surface area contributed by atoms with Crippen LogP contribution in [0, 0.1) is 12.7 Å². The topological polar surface area (TPSA) is 80.6 Å².